The number of rotatable bonds is 2. The van der Waals surface area contributed by atoms with Crippen molar-refractivity contribution in [2.45, 2.75) is 0 Å². The maximum atomic E-state index is 6.13. The lowest BCUT2D eigenvalue weighted by Crippen LogP contribution is -1.97. The van der Waals surface area contributed by atoms with Crippen LogP contribution in [0.4, 0.5) is 5.82 Å². The Hall–Kier alpha value is -1.72. The second kappa shape index (κ2) is 5.00. The van der Waals surface area contributed by atoms with Gasteiger partial charge in [-0.15, -0.1) is 0 Å². The van der Waals surface area contributed by atoms with Crippen LogP contribution in [-0.4, -0.2) is 9.78 Å². The quantitative estimate of drug-likeness (QED) is 0.746. The molecule has 0 radical (unpaired) electrons. The molecule has 1 aromatic carbocycles. The Morgan fingerprint density at radius 3 is 2.50 bits per heavy atom. The lowest BCUT2D eigenvalue weighted by Gasteiger charge is -2.03. The minimum Gasteiger partial charge on any atom is -0.443 e. The molecular formula is C14H11BrClN3O. The van der Waals surface area contributed by atoms with Gasteiger partial charge in [0.05, 0.1) is 5.56 Å². The fourth-order valence-electron chi connectivity index (χ4n) is 2.05. The molecule has 20 heavy (non-hydrogen) atoms. The molecule has 0 bridgehead atoms. The molecule has 3 rings (SSSR count). The molecule has 0 amide bonds. The molecule has 6 heteroatoms. The Labute approximate surface area is 129 Å². The molecule has 2 heterocycles. The van der Waals surface area contributed by atoms with Gasteiger partial charge in [0.15, 0.2) is 11.0 Å². The van der Waals surface area contributed by atoms with Crippen LogP contribution in [0.15, 0.2) is 45.3 Å². The van der Waals surface area contributed by atoms with Gasteiger partial charge in [-0.1, -0.05) is 28.1 Å². The lowest BCUT2D eigenvalue weighted by molar-refractivity contribution is 0.580. The predicted octanol–water partition coefficient (Wildman–Crippen LogP) is 4.35. The SMILES string of the molecule is Cn1nc(-c2ccc(Cl)o2)c(-c2ccc(Br)cc2)c1N. The number of benzene rings is 1. The van der Waals surface area contributed by atoms with Gasteiger partial charge in [-0.25, -0.2) is 0 Å². The van der Waals surface area contributed by atoms with Gasteiger partial charge >= 0.3 is 0 Å². The summed E-state index contributed by atoms with van der Waals surface area (Å²) >= 11 is 9.26. The van der Waals surface area contributed by atoms with Crippen LogP contribution in [0.25, 0.3) is 22.6 Å². The normalized spacial score (nSPS) is 10.9. The molecule has 0 atom stereocenters. The van der Waals surface area contributed by atoms with E-state index in [0.717, 1.165) is 15.6 Å². The zero-order valence-corrected chi connectivity index (χ0v) is 12.9. The molecule has 0 aliphatic rings. The van der Waals surface area contributed by atoms with Gasteiger partial charge in [-0.2, -0.15) is 5.10 Å². The highest BCUT2D eigenvalue weighted by molar-refractivity contribution is 9.10. The molecule has 3 aromatic rings. The van der Waals surface area contributed by atoms with Gasteiger partial charge in [0.25, 0.3) is 0 Å². The van der Waals surface area contributed by atoms with E-state index in [0.29, 0.717) is 22.5 Å². The van der Waals surface area contributed by atoms with Crippen LogP contribution in [0.2, 0.25) is 5.22 Å². The number of aryl methyl sites for hydroxylation is 1. The zero-order valence-electron chi connectivity index (χ0n) is 10.6. The molecular weight excluding hydrogens is 342 g/mol. The van der Waals surface area contributed by atoms with E-state index < -0.39 is 0 Å². The molecule has 0 saturated heterocycles. The molecule has 0 fully saturated rings. The van der Waals surface area contributed by atoms with Crippen molar-refractivity contribution in [1.29, 1.82) is 0 Å². The van der Waals surface area contributed by atoms with Gasteiger partial charge in [0.1, 0.15) is 11.5 Å². The first-order valence-corrected chi connectivity index (χ1v) is 7.07. The van der Waals surface area contributed by atoms with Crippen LogP contribution >= 0.6 is 27.5 Å². The van der Waals surface area contributed by atoms with E-state index in [-0.39, 0.29) is 0 Å². The lowest BCUT2D eigenvalue weighted by atomic mass is 10.0. The number of anilines is 1. The van der Waals surface area contributed by atoms with E-state index >= 15 is 0 Å². The van der Waals surface area contributed by atoms with Gasteiger partial charge in [0, 0.05) is 11.5 Å². The van der Waals surface area contributed by atoms with Crippen LogP contribution in [-0.2, 0) is 7.05 Å². The fourth-order valence-corrected chi connectivity index (χ4v) is 2.46. The molecule has 0 aliphatic carbocycles. The van der Waals surface area contributed by atoms with Crippen LogP contribution in [0.5, 0.6) is 0 Å². The summed E-state index contributed by atoms with van der Waals surface area (Å²) in [5.41, 5.74) is 8.62. The van der Waals surface area contributed by atoms with Crippen LogP contribution < -0.4 is 5.73 Å². The van der Waals surface area contributed by atoms with Gasteiger partial charge in [0.2, 0.25) is 0 Å². The third-order valence-corrected chi connectivity index (χ3v) is 3.76. The minimum absolute atomic E-state index is 0.325. The molecule has 0 spiro atoms. The second-order valence-corrected chi connectivity index (χ2v) is 5.63. The number of aromatic nitrogens is 2. The van der Waals surface area contributed by atoms with Crippen molar-refractivity contribution in [1.82, 2.24) is 9.78 Å². The Morgan fingerprint density at radius 2 is 1.90 bits per heavy atom. The first kappa shape index (κ1) is 13.3. The summed E-state index contributed by atoms with van der Waals surface area (Å²) in [6, 6.07) is 11.3. The third-order valence-electron chi connectivity index (χ3n) is 3.03. The summed E-state index contributed by atoms with van der Waals surface area (Å²) < 4.78 is 8.08. The smallest absolute Gasteiger partial charge is 0.194 e. The van der Waals surface area contributed by atoms with Gasteiger partial charge in [-0.3, -0.25) is 4.68 Å². The van der Waals surface area contributed by atoms with Crippen molar-refractivity contribution in [2.75, 3.05) is 5.73 Å². The van der Waals surface area contributed by atoms with Gasteiger partial charge < -0.3 is 10.2 Å². The van der Waals surface area contributed by atoms with Crippen molar-refractivity contribution in [3.8, 4) is 22.6 Å². The van der Waals surface area contributed by atoms with Crippen molar-refractivity contribution in [3.63, 3.8) is 0 Å². The Morgan fingerprint density at radius 1 is 1.20 bits per heavy atom. The number of nitrogens with zero attached hydrogens (tertiary/aromatic N) is 2. The highest BCUT2D eigenvalue weighted by Gasteiger charge is 2.19. The van der Waals surface area contributed by atoms with Crippen LogP contribution in [0.3, 0.4) is 0 Å². The number of furan rings is 1. The van der Waals surface area contributed by atoms with Crippen molar-refractivity contribution in [2.24, 2.45) is 7.05 Å². The number of nitrogens with two attached hydrogens (primary N) is 1. The summed E-state index contributed by atoms with van der Waals surface area (Å²) in [5, 5.41) is 4.75. The number of halogens is 2. The largest absolute Gasteiger partial charge is 0.443 e. The Balaban J connectivity index is 2.21. The van der Waals surface area contributed by atoms with Crippen molar-refractivity contribution < 1.29 is 4.42 Å². The average molecular weight is 353 g/mol. The van der Waals surface area contributed by atoms with Crippen LogP contribution in [0.1, 0.15) is 0 Å². The molecule has 2 N–H and O–H groups in total. The van der Waals surface area contributed by atoms with E-state index in [9.17, 15) is 0 Å². The highest BCUT2D eigenvalue weighted by atomic mass is 79.9. The topological polar surface area (TPSA) is 57.0 Å². The summed E-state index contributed by atoms with van der Waals surface area (Å²) in [6.07, 6.45) is 0. The average Bonchev–Trinajstić information content (AvgIpc) is 2.97. The maximum absolute atomic E-state index is 6.13. The first-order chi connectivity index (χ1) is 9.56. The molecule has 0 saturated carbocycles. The van der Waals surface area contributed by atoms with E-state index in [1.165, 1.54) is 0 Å². The standard InChI is InChI=1S/C14H11BrClN3O/c1-19-14(17)12(8-2-4-9(15)5-3-8)13(18-19)10-6-7-11(16)20-10/h2-7H,17H2,1H3. The molecule has 0 aliphatic heterocycles. The van der Waals surface area contributed by atoms with E-state index in [1.54, 1.807) is 23.9 Å². The van der Waals surface area contributed by atoms with E-state index in [4.69, 9.17) is 21.8 Å². The zero-order chi connectivity index (χ0) is 14.3. The van der Waals surface area contributed by atoms with Crippen molar-refractivity contribution in [3.05, 3.63) is 46.1 Å². The molecule has 4 nitrogen and oxygen atoms in total. The van der Waals surface area contributed by atoms with Crippen LogP contribution in [0, 0.1) is 0 Å². The molecule has 0 unspecified atom stereocenters. The van der Waals surface area contributed by atoms with E-state index in [1.807, 2.05) is 24.3 Å². The summed E-state index contributed by atoms with van der Waals surface area (Å²) in [4.78, 5) is 0. The van der Waals surface area contributed by atoms with E-state index in [2.05, 4.69) is 21.0 Å². The molecule has 102 valence electrons. The number of nitrogen functional groups attached to an aromatic ring is 1. The molecule has 2 aromatic heterocycles. The number of hydrogen-bond acceptors (Lipinski definition) is 3. The summed E-state index contributed by atoms with van der Waals surface area (Å²) in [6.45, 7) is 0. The summed E-state index contributed by atoms with van der Waals surface area (Å²) in [7, 11) is 1.80. The fraction of sp³-hybridized carbons (Fsp3) is 0.0714. The summed E-state index contributed by atoms with van der Waals surface area (Å²) in [5.74, 6) is 1.18. The highest BCUT2D eigenvalue weighted by Crippen LogP contribution is 2.37. The minimum atomic E-state index is 0.325. The predicted molar refractivity (Wildman–Crippen MR) is 83.5 cm³/mol. The van der Waals surface area contributed by atoms with Crippen molar-refractivity contribution >= 4 is 33.3 Å². The Bertz CT molecular complexity index is 761. The third kappa shape index (κ3) is 2.23. The number of hydrogen-bond donors (Lipinski definition) is 1. The monoisotopic (exact) mass is 351 g/mol. The maximum Gasteiger partial charge on any atom is 0.194 e. The first-order valence-electron chi connectivity index (χ1n) is 5.90. The van der Waals surface area contributed by atoms with Gasteiger partial charge in [-0.05, 0) is 41.4 Å². The second-order valence-electron chi connectivity index (χ2n) is 4.34. The Kier molecular flexibility index (Phi) is 3.31.